The van der Waals surface area contributed by atoms with Crippen LogP contribution in [-0.4, -0.2) is 55.6 Å². The largest absolute Gasteiger partial charge is 0.476 e. The fourth-order valence-electron chi connectivity index (χ4n) is 3.28. The van der Waals surface area contributed by atoms with Gasteiger partial charge in [0.1, 0.15) is 5.82 Å². The van der Waals surface area contributed by atoms with E-state index in [1.54, 1.807) is 54.0 Å². The predicted molar refractivity (Wildman–Crippen MR) is 102 cm³/mol. The van der Waals surface area contributed by atoms with Crippen molar-refractivity contribution in [1.82, 2.24) is 14.3 Å². The van der Waals surface area contributed by atoms with Crippen LogP contribution >= 0.6 is 0 Å². The summed E-state index contributed by atoms with van der Waals surface area (Å²) >= 11 is 0. The summed E-state index contributed by atoms with van der Waals surface area (Å²) in [6.07, 6.45) is 2.01. The van der Waals surface area contributed by atoms with E-state index < -0.39 is 17.5 Å². The van der Waals surface area contributed by atoms with Crippen LogP contribution in [0.25, 0.3) is 16.9 Å². The van der Waals surface area contributed by atoms with Gasteiger partial charge in [-0.05, 0) is 24.3 Å². The van der Waals surface area contributed by atoms with Crippen LogP contribution < -0.4 is 0 Å². The quantitative estimate of drug-likeness (QED) is 0.664. The number of hydrogen-bond donors (Lipinski definition) is 2. The summed E-state index contributed by atoms with van der Waals surface area (Å²) in [6.45, 7) is 0.460. The van der Waals surface area contributed by atoms with Crippen LogP contribution in [0, 0.1) is 11.8 Å². The molecule has 7 heteroatoms. The summed E-state index contributed by atoms with van der Waals surface area (Å²) in [5.41, 5.74) is 0.0814. The lowest BCUT2D eigenvalue weighted by Gasteiger charge is -2.13. The van der Waals surface area contributed by atoms with Gasteiger partial charge in [-0.15, -0.1) is 0 Å². The Morgan fingerprint density at radius 1 is 1.25 bits per heavy atom. The number of pyridine rings is 1. The molecule has 140 valence electrons. The zero-order valence-corrected chi connectivity index (χ0v) is 15.1. The molecule has 4 rings (SSSR count). The van der Waals surface area contributed by atoms with Gasteiger partial charge < -0.3 is 15.1 Å². The van der Waals surface area contributed by atoms with Crippen molar-refractivity contribution >= 4 is 17.4 Å². The lowest BCUT2D eigenvalue weighted by atomic mass is 10.0. The number of carbonyl (C=O) groups excluding carboxylic acids is 1. The Hall–Kier alpha value is -3.63. The van der Waals surface area contributed by atoms with Crippen LogP contribution in [0.5, 0.6) is 0 Å². The molecule has 1 atom stereocenters. The molecule has 0 spiro atoms. The zero-order chi connectivity index (χ0) is 19.9. The molecule has 2 N–H and O–H groups in total. The number of likely N-dealkylation sites (N-methyl/N-ethyl adjacent to an activating group) is 1. The summed E-state index contributed by atoms with van der Waals surface area (Å²) in [4.78, 5) is 29.3. The van der Waals surface area contributed by atoms with Crippen molar-refractivity contribution in [2.45, 2.75) is 12.0 Å². The minimum Gasteiger partial charge on any atom is -0.476 e. The van der Waals surface area contributed by atoms with Gasteiger partial charge >= 0.3 is 5.97 Å². The number of carboxylic acids is 1. The molecule has 0 aliphatic carbocycles. The highest BCUT2D eigenvalue weighted by Crippen LogP contribution is 2.24. The number of carboxylic acid groups (broad SMARTS) is 1. The monoisotopic (exact) mass is 375 g/mol. The Balaban J connectivity index is 1.76. The Morgan fingerprint density at radius 3 is 2.79 bits per heavy atom. The van der Waals surface area contributed by atoms with Gasteiger partial charge in [0.2, 0.25) is 5.60 Å². The summed E-state index contributed by atoms with van der Waals surface area (Å²) in [5, 5.41) is 19.9. The second-order valence-electron chi connectivity index (χ2n) is 6.71. The molecule has 0 radical (unpaired) electrons. The normalized spacial score (nSPS) is 18.9. The first-order valence-electron chi connectivity index (χ1n) is 8.71. The van der Waals surface area contributed by atoms with Crippen LogP contribution in [-0.2, 0) is 4.79 Å². The Kier molecular flexibility index (Phi) is 4.13. The number of imidazole rings is 1. The van der Waals surface area contributed by atoms with Gasteiger partial charge in [0.15, 0.2) is 5.69 Å². The number of benzene rings is 1. The van der Waals surface area contributed by atoms with E-state index in [9.17, 15) is 19.8 Å². The van der Waals surface area contributed by atoms with Crippen molar-refractivity contribution in [3.05, 3.63) is 59.9 Å². The molecular formula is C21H17N3O4. The van der Waals surface area contributed by atoms with Gasteiger partial charge in [-0.3, -0.25) is 9.20 Å². The fourth-order valence-corrected chi connectivity index (χ4v) is 3.28. The van der Waals surface area contributed by atoms with Crippen LogP contribution in [0.3, 0.4) is 0 Å². The highest BCUT2D eigenvalue weighted by Gasteiger charge is 2.42. The van der Waals surface area contributed by atoms with Gasteiger partial charge in [-0.25, -0.2) is 9.78 Å². The van der Waals surface area contributed by atoms with Crippen molar-refractivity contribution in [1.29, 1.82) is 0 Å². The molecule has 1 aliphatic heterocycles. The zero-order valence-electron chi connectivity index (χ0n) is 15.1. The molecule has 0 saturated carbocycles. The lowest BCUT2D eigenvalue weighted by Crippen LogP contribution is -2.37. The highest BCUT2D eigenvalue weighted by atomic mass is 16.4. The molecule has 7 nitrogen and oxygen atoms in total. The Labute approximate surface area is 160 Å². The Morgan fingerprint density at radius 2 is 2.07 bits per heavy atom. The number of rotatable bonds is 2. The molecule has 0 bridgehead atoms. The number of aliphatic hydroxyl groups is 1. The van der Waals surface area contributed by atoms with E-state index in [0.29, 0.717) is 29.0 Å². The molecule has 0 unspecified atom stereocenters. The third-order valence-electron chi connectivity index (χ3n) is 4.79. The molecule has 2 aromatic heterocycles. The Bertz CT molecular complexity index is 1170. The molecule has 3 aromatic rings. The van der Waals surface area contributed by atoms with Crippen molar-refractivity contribution in [2.75, 3.05) is 13.6 Å². The van der Waals surface area contributed by atoms with Gasteiger partial charge in [0.05, 0.1) is 5.52 Å². The molecule has 1 aromatic carbocycles. The van der Waals surface area contributed by atoms with Crippen molar-refractivity contribution in [2.24, 2.45) is 0 Å². The minimum atomic E-state index is -1.67. The second-order valence-corrected chi connectivity index (χ2v) is 6.71. The third kappa shape index (κ3) is 2.90. The topological polar surface area (TPSA) is 95.1 Å². The molecule has 1 fully saturated rings. The van der Waals surface area contributed by atoms with Gasteiger partial charge in [0.25, 0.3) is 5.91 Å². The first-order valence-corrected chi connectivity index (χ1v) is 8.71. The maximum Gasteiger partial charge on any atom is 0.356 e. The van der Waals surface area contributed by atoms with Crippen molar-refractivity contribution in [3.63, 3.8) is 0 Å². The smallest absolute Gasteiger partial charge is 0.356 e. The number of nitrogens with zero attached hydrogens (tertiary/aromatic N) is 3. The van der Waals surface area contributed by atoms with E-state index in [1.165, 1.54) is 4.90 Å². The summed E-state index contributed by atoms with van der Waals surface area (Å²) in [6, 6.07) is 12.3. The fraction of sp³-hybridized carbons (Fsp3) is 0.190. The van der Waals surface area contributed by atoms with Gasteiger partial charge in [-0.2, -0.15) is 0 Å². The molecule has 28 heavy (non-hydrogen) atoms. The van der Waals surface area contributed by atoms with Gasteiger partial charge in [0, 0.05) is 37.3 Å². The van der Waals surface area contributed by atoms with E-state index in [4.69, 9.17) is 0 Å². The van der Waals surface area contributed by atoms with E-state index in [-0.39, 0.29) is 12.1 Å². The number of carbonyl (C=O) groups is 2. The third-order valence-corrected chi connectivity index (χ3v) is 4.79. The lowest BCUT2D eigenvalue weighted by molar-refractivity contribution is -0.137. The van der Waals surface area contributed by atoms with E-state index >= 15 is 0 Å². The van der Waals surface area contributed by atoms with E-state index in [0.717, 1.165) is 0 Å². The maximum atomic E-state index is 12.1. The average molecular weight is 375 g/mol. The molecular weight excluding hydrogens is 358 g/mol. The number of likely N-dealkylation sites (tertiary alicyclic amines) is 1. The highest BCUT2D eigenvalue weighted by molar-refractivity contribution is 5.95. The predicted octanol–water partition coefficient (Wildman–Crippen LogP) is 1.64. The number of amides is 1. The first kappa shape index (κ1) is 17.8. The van der Waals surface area contributed by atoms with Crippen LogP contribution in [0.2, 0.25) is 0 Å². The van der Waals surface area contributed by atoms with Gasteiger partial charge in [-0.1, -0.05) is 30.0 Å². The minimum absolute atomic E-state index is 0.0269. The molecule has 1 aliphatic rings. The second kappa shape index (κ2) is 6.51. The summed E-state index contributed by atoms with van der Waals surface area (Å²) in [7, 11) is 1.63. The van der Waals surface area contributed by atoms with Crippen LogP contribution in [0.4, 0.5) is 0 Å². The standard InChI is InChI=1S/C21H17N3O4/c1-23-12-10-21(28,20(23)27)9-8-14-5-4-6-15(13-14)18-22-17(19(25)26)16-7-2-3-11-24(16)18/h2-7,11,13,28H,10,12H2,1H3,(H,25,26)/t21-/m0/s1. The molecule has 1 saturated heterocycles. The van der Waals surface area contributed by atoms with Crippen LogP contribution in [0.1, 0.15) is 22.5 Å². The number of aromatic nitrogens is 2. The summed E-state index contributed by atoms with van der Waals surface area (Å²) in [5.74, 6) is 4.53. The molecule has 3 heterocycles. The first-order chi connectivity index (χ1) is 13.4. The van der Waals surface area contributed by atoms with E-state index in [1.807, 2.05) is 6.07 Å². The molecule has 1 amide bonds. The number of hydrogen-bond acceptors (Lipinski definition) is 4. The number of fused-ring (bicyclic) bond motifs is 1. The maximum absolute atomic E-state index is 12.1. The average Bonchev–Trinajstić information content (AvgIpc) is 3.21. The van der Waals surface area contributed by atoms with Crippen molar-refractivity contribution in [3.8, 4) is 23.2 Å². The van der Waals surface area contributed by atoms with E-state index in [2.05, 4.69) is 16.8 Å². The number of aromatic carboxylic acids is 1. The van der Waals surface area contributed by atoms with Crippen LogP contribution in [0.15, 0.2) is 48.7 Å². The summed E-state index contributed by atoms with van der Waals surface area (Å²) < 4.78 is 1.71. The SMILES string of the molecule is CN1CC[C@@](O)(C#Cc2cccc(-c3nc(C(=O)O)c4ccccn34)c2)C1=O. The van der Waals surface area contributed by atoms with Crippen molar-refractivity contribution < 1.29 is 19.8 Å².